The highest BCUT2D eigenvalue weighted by Crippen LogP contribution is 2.36. The molecule has 0 saturated heterocycles. The number of aryl methyl sites for hydroxylation is 1. The van der Waals surface area contributed by atoms with Crippen LogP contribution in [0.25, 0.3) is 0 Å². The van der Waals surface area contributed by atoms with Crippen molar-refractivity contribution in [2.24, 2.45) is 0 Å². The van der Waals surface area contributed by atoms with E-state index in [-0.39, 0.29) is 35.7 Å². The molecule has 1 aromatic carbocycles. The largest absolute Gasteiger partial charge is 0.361 e. The number of aromatic nitrogens is 3. The molecular weight excluding hydrogens is 418 g/mol. The number of carbonyl (C=O) groups excluding carboxylic acids is 2. The predicted octanol–water partition coefficient (Wildman–Crippen LogP) is 4.18. The van der Waals surface area contributed by atoms with E-state index in [1.54, 1.807) is 6.07 Å². The quantitative estimate of drug-likeness (QED) is 0.588. The molecule has 2 aromatic heterocycles. The van der Waals surface area contributed by atoms with Crippen molar-refractivity contribution in [2.75, 3.05) is 5.32 Å². The molecule has 3 aromatic rings. The third-order valence-corrected chi connectivity index (χ3v) is 5.86. The molecule has 0 radical (unpaired) electrons. The van der Waals surface area contributed by atoms with Gasteiger partial charge >= 0.3 is 0 Å². The van der Waals surface area contributed by atoms with Crippen molar-refractivity contribution >= 4 is 17.6 Å². The van der Waals surface area contributed by atoms with E-state index in [1.165, 1.54) is 0 Å². The van der Waals surface area contributed by atoms with E-state index in [0.717, 1.165) is 30.7 Å². The number of rotatable bonds is 6. The fourth-order valence-electron chi connectivity index (χ4n) is 4.28. The molecule has 2 unspecified atom stereocenters. The zero-order valence-corrected chi connectivity index (χ0v) is 19.6. The van der Waals surface area contributed by atoms with E-state index in [2.05, 4.69) is 36.6 Å². The van der Waals surface area contributed by atoms with Crippen LogP contribution < -0.4 is 10.6 Å². The Bertz CT molecular complexity index is 1130. The number of amides is 2. The second kappa shape index (κ2) is 9.21. The Balaban J connectivity index is 1.44. The average Bonchev–Trinajstić information content (AvgIpc) is 3.48. The van der Waals surface area contributed by atoms with E-state index in [4.69, 9.17) is 9.62 Å². The van der Waals surface area contributed by atoms with E-state index in [1.807, 2.05) is 48.0 Å². The van der Waals surface area contributed by atoms with Crippen LogP contribution in [0.3, 0.4) is 0 Å². The maximum absolute atomic E-state index is 12.6. The highest BCUT2D eigenvalue weighted by atomic mass is 16.5. The first-order valence-corrected chi connectivity index (χ1v) is 11.4. The van der Waals surface area contributed by atoms with E-state index < -0.39 is 0 Å². The van der Waals surface area contributed by atoms with Gasteiger partial charge in [-0.2, -0.15) is 5.10 Å². The van der Waals surface area contributed by atoms with Crippen LogP contribution in [0, 0.1) is 6.92 Å². The maximum Gasteiger partial charge on any atom is 0.251 e. The number of nitrogens with one attached hydrogen (secondary N) is 2. The van der Waals surface area contributed by atoms with Gasteiger partial charge in [0.05, 0.1) is 23.3 Å². The van der Waals surface area contributed by atoms with Crippen molar-refractivity contribution in [1.82, 2.24) is 20.3 Å². The van der Waals surface area contributed by atoms with Gasteiger partial charge in [0.25, 0.3) is 5.91 Å². The zero-order chi connectivity index (χ0) is 23.6. The number of anilines is 1. The van der Waals surface area contributed by atoms with E-state index in [9.17, 15) is 9.59 Å². The van der Waals surface area contributed by atoms with Crippen LogP contribution in [0.5, 0.6) is 0 Å². The van der Waals surface area contributed by atoms with Gasteiger partial charge in [-0.3, -0.25) is 9.59 Å². The molecule has 2 heterocycles. The highest BCUT2D eigenvalue weighted by Gasteiger charge is 2.31. The summed E-state index contributed by atoms with van der Waals surface area (Å²) in [7, 11) is 0. The Morgan fingerprint density at radius 2 is 1.91 bits per heavy atom. The second-order valence-electron chi connectivity index (χ2n) is 9.74. The van der Waals surface area contributed by atoms with Gasteiger partial charge in [0, 0.05) is 29.7 Å². The zero-order valence-electron chi connectivity index (χ0n) is 19.6. The third-order valence-electron chi connectivity index (χ3n) is 5.86. The summed E-state index contributed by atoms with van der Waals surface area (Å²) in [5, 5.41) is 14.8. The van der Waals surface area contributed by atoms with E-state index in [0.29, 0.717) is 17.1 Å². The van der Waals surface area contributed by atoms with Crippen molar-refractivity contribution in [1.29, 1.82) is 0 Å². The van der Waals surface area contributed by atoms with Crippen LogP contribution in [0.2, 0.25) is 0 Å². The van der Waals surface area contributed by atoms with Crippen LogP contribution in [-0.2, 0) is 16.8 Å². The Morgan fingerprint density at radius 1 is 1.15 bits per heavy atom. The van der Waals surface area contributed by atoms with Crippen molar-refractivity contribution in [3.63, 3.8) is 0 Å². The lowest BCUT2D eigenvalue weighted by atomic mass is 10.0. The number of hydrogen-bond acceptors (Lipinski definition) is 5. The first-order valence-electron chi connectivity index (χ1n) is 11.4. The first kappa shape index (κ1) is 22.8. The van der Waals surface area contributed by atoms with Crippen LogP contribution in [0.1, 0.15) is 73.5 Å². The minimum atomic E-state index is -0.302. The molecule has 2 N–H and O–H groups in total. The summed E-state index contributed by atoms with van der Waals surface area (Å²) >= 11 is 0. The molecule has 1 aliphatic rings. The van der Waals surface area contributed by atoms with Gasteiger partial charge in [0.15, 0.2) is 0 Å². The lowest BCUT2D eigenvalue weighted by Gasteiger charge is -2.22. The highest BCUT2D eigenvalue weighted by molar-refractivity contribution is 5.94. The molecule has 0 bridgehead atoms. The van der Waals surface area contributed by atoms with Crippen LogP contribution in [0.15, 0.2) is 47.0 Å². The number of benzene rings is 1. The van der Waals surface area contributed by atoms with Gasteiger partial charge < -0.3 is 15.2 Å². The van der Waals surface area contributed by atoms with Gasteiger partial charge in [-0.25, -0.2) is 4.68 Å². The van der Waals surface area contributed by atoms with E-state index >= 15 is 0 Å². The Labute approximate surface area is 193 Å². The molecule has 8 heteroatoms. The number of carbonyl (C=O) groups is 2. The molecule has 2 atom stereocenters. The van der Waals surface area contributed by atoms with Gasteiger partial charge in [0.1, 0.15) is 11.6 Å². The molecule has 0 spiro atoms. The van der Waals surface area contributed by atoms with Crippen molar-refractivity contribution in [2.45, 2.75) is 70.9 Å². The summed E-state index contributed by atoms with van der Waals surface area (Å²) in [6.45, 7) is 7.98. The third kappa shape index (κ3) is 5.50. The first-order chi connectivity index (χ1) is 15.7. The molecule has 1 saturated carbocycles. The summed E-state index contributed by atoms with van der Waals surface area (Å²) in [5.41, 5.74) is 2.05. The smallest absolute Gasteiger partial charge is 0.251 e. The number of hydrogen-bond donors (Lipinski definition) is 2. The summed E-state index contributed by atoms with van der Waals surface area (Å²) in [6.07, 6.45) is 2.77. The van der Waals surface area contributed by atoms with Gasteiger partial charge in [-0.05, 0) is 59.1 Å². The van der Waals surface area contributed by atoms with Crippen molar-refractivity contribution in [3.05, 3.63) is 65.2 Å². The second-order valence-corrected chi connectivity index (χ2v) is 9.74. The Kier molecular flexibility index (Phi) is 6.35. The Morgan fingerprint density at radius 3 is 2.58 bits per heavy atom. The van der Waals surface area contributed by atoms with Gasteiger partial charge in [-0.1, -0.05) is 23.4 Å². The SMILES string of the molecule is Cc1cc(CC(=O)Nc2cc(C3CCC(NC(=O)c4ccccc4)C3)nn2C(C)(C)C)on1. The maximum atomic E-state index is 12.6. The normalized spacial score (nSPS) is 18.3. The van der Waals surface area contributed by atoms with Crippen molar-refractivity contribution in [3.8, 4) is 0 Å². The monoisotopic (exact) mass is 449 g/mol. The lowest BCUT2D eigenvalue weighted by Crippen LogP contribution is -2.32. The standard InChI is InChI=1S/C25H31N5O3/c1-16-12-20(33-29-16)14-23(31)27-22-15-21(28-30(22)25(2,3)4)18-10-11-19(13-18)26-24(32)17-8-6-5-7-9-17/h5-9,12,15,18-19H,10-11,13-14H2,1-4H3,(H,26,32)(H,27,31). The topological polar surface area (TPSA) is 102 Å². The van der Waals surface area contributed by atoms with Crippen molar-refractivity contribution < 1.29 is 14.1 Å². The molecule has 174 valence electrons. The molecule has 0 aliphatic heterocycles. The van der Waals surface area contributed by atoms with Gasteiger partial charge in [-0.15, -0.1) is 0 Å². The summed E-state index contributed by atoms with van der Waals surface area (Å²) in [4.78, 5) is 25.1. The van der Waals surface area contributed by atoms with Crippen LogP contribution >= 0.6 is 0 Å². The van der Waals surface area contributed by atoms with Crippen LogP contribution in [0.4, 0.5) is 5.82 Å². The Hall–Kier alpha value is -3.42. The lowest BCUT2D eigenvalue weighted by molar-refractivity contribution is -0.115. The molecule has 2 amide bonds. The average molecular weight is 450 g/mol. The van der Waals surface area contributed by atoms with Gasteiger partial charge in [0.2, 0.25) is 5.91 Å². The predicted molar refractivity (Wildman–Crippen MR) is 125 cm³/mol. The molecule has 8 nitrogen and oxygen atoms in total. The molecule has 33 heavy (non-hydrogen) atoms. The summed E-state index contributed by atoms with van der Waals surface area (Å²) in [6, 6.07) is 13.1. The fraction of sp³-hybridized carbons (Fsp3) is 0.440. The minimum absolute atomic E-state index is 0.0444. The molecular formula is C25H31N5O3. The molecule has 1 fully saturated rings. The fourth-order valence-corrected chi connectivity index (χ4v) is 4.28. The molecule has 4 rings (SSSR count). The van der Waals surface area contributed by atoms with Crippen LogP contribution in [-0.4, -0.2) is 32.8 Å². The molecule has 1 aliphatic carbocycles. The number of nitrogens with zero attached hydrogens (tertiary/aromatic N) is 3. The minimum Gasteiger partial charge on any atom is -0.361 e. The summed E-state index contributed by atoms with van der Waals surface area (Å²) < 4.78 is 7.03. The summed E-state index contributed by atoms with van der Waals surface area (Å²) in [5.74, 6) is 1.19.